The van der Waals surface area contributed by atoms with Crippen LogP contribution in [0.15, 0.2) is 0 Å². The molecule has 1 fully saturated rings. The molecule has 0 radical (unpaired) electrons. The van der Waals surface area contributed by atoms with Gasteiger partial charge >= 0.3 is 0 Å². The Hall–Kier alpha value is -0.730. The molecule has 0 heterocycles. The summed E-state index contributed by atoms with van der Waals surface area (Å²) < 4.78 is 0. The fraction of sp³-hybridized carbons (Fsp3) is 0.818. The van der Waals surface area contributed by atoms with Crippen molar-refractivity contribution >= 4 is 17.7 Å². The monoisotopic (exact) mass is 241 g/mol. The Morgan fingerprint density at radius 2 is 2.25 bits per heavy atom. The Morgan fingerprint density at radius 1 is 1.62 bits per heavy atom. The third-order valence-electron chi connectivity index (χ3n) is 2.88. The molecule has 1 saturated carbocycles. The molecule has 0 aliphatic heterocycles. The van der Waals surface area contributed by atoms with Crippen LogP contribution in [-0.2, 0) is 4.79 Å². The van der Waals surface area contributed by atoms with Gasteiger partial charge in [-0.3, -0.25) is 4.79 Å². The van der Waals surface area contributed by atoms with E-state index in [0.29, 0.717) is 12.3 Å². The van der Waals surface area contributed by atoms with Gasteiger partial charge in [-0.1, -0.05) is 6.92 Å². The number of amides is 1. The smallest absolute Gasteiger partial charge is 0.231 e. The number of nitrogens with zero attached hydrogens (tertiary/aromatic N) is 1. The molecule has 1 unspecified atom stereocenters. The first kappa shape index (κ1) is 13.3. The van der Waals surface area contributed by atoms with E-state index >= 15 is 0 Å². The minimum Gasteiger partial charge on any atom is -0.337 e. The van der Waals surface area contributed by atoms with Gasteiger partial charge in [0.2, 0.25) is 5.91 Å². The second-order valence-corrected chi connectivity index (χ2v) is 5.73. The maximum Gasteiger partial charge on any atom is 0.231 e. The van der Waals surface area contributed by atoms with E-state index in [9.17, 15) is 4.79 Å². The van der Waals surface area contributed by atoms with Gasteiger partial charge in [-0.25, -0.2) is 0 Å². The summed E-state index contributed by atoms with van der Waals surface area (Å²) in [4.78, 5) is 11.7. The second-order valence-electron chi connectivity index (χ2n) is 4.31. The highest BCUT2D eigenvalue weighted by atomic mass is 32.2. The largest absolute Gasteiger partial charge is 0.337 e. The lowest BCUT2D eigenvalue weighted by atomic mass is 10.0. The molecule has 0 spiro atoms. The summed E-state index contributed by atoms with van der Waals surface area (Å²) in [5, 5.41) is 12.2. The molecule has 90 valence electrons. The Bertz CT molecular complexity index is 281. The lowest BCUT2D eigenvalue weighted by molar-refractivity contribution is -0.119. The molecular weight excluding hydrogens is 222 g/mol. The van der Waals surface area contributed by atoms with Crippen molar-refractivity contribution in [3.63, 3.8) is 0 Å². The first-order valence-corrected chi connectivity index (χ1v) is 6.71. The summed E-state index contributed by atoms with van der Waals surface area (Å²) in [7, 11) is 0. The Kier molecular flexibility index (Phi) is 5.10. The summed E-state index contributed by atoms with van der Waals surface area (Å²) in [6, 6.07) is 2.24. The minimum atomic E-state index is -0.594. The molecule has 0 saturated heterocycles. The van der Waals surface area contributed by atoms with Crippen LogP contribution < -0.4 is 11.1 Å². The molecule has 1 atom stereocenters. The van der Waals surface area contributed by atoms with Crippen LogP contribution in [0.2, 0.25) is 0 Å². The van der Waals surface area contributed by atoms with E-state index in [4.69, 9.17) is 11.0 Å². The Morgan fingerprint density at radius 3 is 2.75 bits per heavy atom. The predicted molar refractivity (Wildman–Crippen MR) is 65.9 cm³/mol. The number of nitrogens with one attached hydrogen (secondary N) is 1. The summed E-state index contributed by atoms with van der Waals surface area (Å²) in [6.07, 6.45) is 3.62. The van der Waals surface area contributed by atoms with Gasteiger partial charge in [0, 0.05) is 11.8 Å². The van der Waals surface area contributed by atoms with Crippen molar-refractivity contribution < 1.29 is 4.79 Å². The predicted octanol–water partition coefficient (Wildman–Crippen LogP) is 1.02. The van der Waals surface area contributed by atoms with Crippen molar-refractivity contribution in [2.75, 3.05) is 12.3 Å². The maximum absolute atomic E-state index is 11.7. The summed E-state index contributed by atoms with van der Waals surface area (Å²) >= 11 is 1.53. The van der Waals surface area contributed by atoms with Crippen LogP contribution in [0.25, 0.3) is 0 Å². The molecule has 4 nitrogen and oxygen atoms in total. The molecule has 16 heavy (non-hydrogen) atoms. The number of nitriles is 1. The number of hydrogen-bond acceptors (Lipinski definition) is 4. The quantitative estimate of drug-likeness (QED) is 0.753. The van der Waals surface area contributed by atoms with E-state index in [0.717, 1.165) is 25.7 Å². The normalized spacial score (nSPS) is 20.1. The van der Waals surface area contributed by atoms with E-state index in [-0.39, 0.29) is 11.2 Å². The van der Waals surface area contributed by atoms with Crippen molar-refractivity contribution in [3.05, 3.63) is 0 Å². The molecule has 1 aliphatic carbocycles. The lowest BCUT2D eigenvalue weighted by Gasteiger charge is -2.22. The van der Waals surface area contributed by atoms with Gasteiger partial charge in [0.15, 0.2) is 0 Å². The number of carbonyl (C=O) groups is 1. The van der Waals surface area contributed by atoms with Crippen LogP contribution in [0.1, 0.15) is 32.6 Å². The van der Waals surface area contributed by atoms with Crippen LogP contribution in [0, 0.1) is 11.3 Å². The SMILES string of the molecule is CC(CN)SCC(=O)NC1(C#N)CCCC1. The molecule has 0 aromatic heterocycles. The molecule has 1 rings (SSSR count). The molecular formula is C11H19N3OS. The van der Waals surface area contributed by atoms with Crippen molar-refractivity contribution in [2.45, 2.75) is 43.4 Å². The van der Waals surface area contributed by atoms with E-state index in [1.165, 1.54) is 11.8 Å². The van der Waals surface area contributed by atoms with Crippen LogP contribution >= 0.6 is 11.8 Å². The minimum absolute atomic E-state index is 0.0475. The number of rotatable bonds is 5. The highest BCUT2D eigenvalue weighted by molar-refractivity contribution is 8.00. The fourth-order valence-electron chi connectivity index (χ4n) is 1.83. The maximum atomic E-state index is 11.7. The fourth-order valence-corrected chi connectivity index (χ4v) is 2.48. The third-order valence-corrected chi connectivity index (χ3v) is 4.07. The van der Waals surface area contributed by atoms with Crippen LogP contribution in [0.3, 0.4) is 0 Å². The number of thioether (sulfide) groups is 1. The Labute approximate surface area is 101 Å². The lowest BCUT2D eigenvalue weighted by Crippen LogP contribution is -2.46. The summed E-state index contributed by atoms with van der Waals surface area (Å²) in [5.74, 6) is 0.343. The molecule has 1 aliphatic rings. The van der Waals surface area contributed by atoms with Crippen molar-refractivity contribution in [2.24, 2.45) is 5.73 Å². The van der Waals surface area contributed by atoms with Gasteiger partial charge < -0.3 is 11.1 Å². The molecule has 0 bridgehead atoms. The van der Waals surface area contributed by atoms with Gasteiger partial charge in [-0.05, 0) is 25.7 Å². The van der Waals surface area contributed by atoms with Crippen molar-refractivity contribution in [1.82, 2.24) is 5.32 Å². The molecule has 0 aromatic carbocycles. The summed E-state index contributed by atoms with van der Waals surface area (Å²) in [5.41, 5.74) is 4.88. The highest BCUT2D eigenvalue weighted by Gasteiger charge is 2.35. The van der Waals surface area contributed by atoms with Gasteiger partial charge in [-0.2, -0.15) is 5.26 Å². The van der Waals surface area contributed by atoms with E-state index in [1.807, 2.05) is 6.92 Å². The van der Waals surface area contributed by atoms with Gasteiger partial charge in [0.05, 0.1) is 11.8 Å². The van der Waals surface area contributed by atoms with Crippen molar-refractivity contribution in [1.29, 1.82) is 5.26 Å². The summed E-state index contributed by atoms with van der Waals surface area (Å²) in [6.45, 7) is 2.56. The molecule has 0 aromatic rings. The molecule has 5 heteroatoms. The number of nitrogens with two attached hydrogens (primary N) is 1. The van der Waals surface area contributed by atoms with E-state index < -0.39 is 5.54 Å². The van der Waals surface area contributed by atoms with Crippen molar-refractivity contribution in [3.8, 4) is 6.07 Å². The first-order chi connectivity index (χ1) is 7.62. The van der Waals surface area contributed by atoms with Crippen LogP contribution in [-0.4, -0.2) is 29.0 Å². The first-order valence-electron chi connectivity index (χ1n) is 5.66. The zero-order valence-electron chi connectivity index (χ0n) is 9.66. The Balaban J connectivity index is 2.36. The third kappa shape index (κ3) is 3.69. The van der Waals surface area contributed by atoms with Crippen LogP contribution in [0.4, 0.5) is 0 Å². The van der Waals surface area contributed by atoms with E-state index in [2.05, 4.69) is 11.4 Å². The topological polar surface area (TPSA) is 78.9 Å². The zero-order chi connectivity index (χ0) is 12.0. The molecule has 3 N–H and O–H groups in total. The van der Waals surface area contributed by atoms with Gasteiger partial charge in [0.25, 0.3) is 0 Å². The highest BCUT2D eigenvalue weighted by Crippen LogP contribution is 2.28. The number of carbonyl (C=O) groups excluding carboxylic acids is 1. The zero-order valence-corrected chi connectivity index (χ0v) is 10.5. The standard InChI is InChI=1S/C11H19N3OS/c1-9(6-12)16-7-10(15)14-11(8-13)4-2-3-5-11/h9H,2-7,12H2,1H3,(H,14,15). The van der Waals surface area contributed by atoms with Gasteiger partial charge in [-0.15, -0.1) is 11.8 Å². The number of hydrogen-bond donors (Lipinski definition) is 2. The average Bonchev–Trinajstić information content (AvgIpc) is 2.75. The molecule has 1 amide bonds. The van der Waals surface area contributed by atoms with E-state index in [1.54, 1.807) is 0 Å². The van der Waals surface area contributed by atoms with Gasteiger partial charge in [0.1, 0.15) is 5.54 Å². The second kappa shape index (κ2) is 6.12. The average molecular weight is 241 g/mol. The van der Waals surface area contributed by atoms with Crippen LogP contribution in [0.5, 0.6) is 0 Å².